The Morgan fingerprint density at radius 2 is 2.14 bits per heavy atom. The van der Waals surface area contributed by atoms with Gasteiger partial charge in [-0.25, -0.2) is 9.37 Å². The van der Waals surface area contributed by atoms with Gasteiger partial charge in [0.1, 0.15) is 11.5 Å². The second-order valence-corrected chi connectivity index (χ2v) is 5.09. The summed E-state index contributed by atoms with van der Waals surface area (Å²) in [6.45, 7) is 1.94. The van der Waals surface area contributed by atoms with Crippen molar-refractivity contribution in [2.24, 2.45) is 0 Å². The first-order valence-corrected chi connectivity index (χ1v) is 7.11. The maximum Gasteiger partial charge on any atom is 0.164 e. The zero-order chi connectivity index (χ0) is 15.5. The molecule has 0 bridgehead atoms. The van der Waals surface area contributed by atoms with Crippen molar-refractivity contribution in [1.82, 2.24) is 9.38 Å². The molecule has 1 aromatic carbocycles. The SMILES string of the molecule is CC(=O)c1c(F)cccc1NCCc1cn2ccccc2n1. The number of hydrogen-bond acceptors (Lipinski definition) is 3. The molecule has 0 fully saturated rings. The van der Waals surface area contributed by atoms with Gasteiger partial charge in [0.25, 0.3) is 0 Å². The van der Waals surface area contributed by atoms with E-state index < -0.39 is 5.82 Å². The van der Waals surface area contributed by atoms with Gasteiger partial charge in [-0.1, -0.05) is 12.1 Å². The van der Waals surface area contributed by atoms with Crippen molar-refractivity contribution in [2.45, 2.75) is 13.3 Å². The average molecular weight is 297 g/mol. The van der Waals surface area contributed by atoms with E-state index in [-0.39, 0.29) is 11.3 Å². The fourth-order valence-electron chi connectivity index (χ4n) is 2.46. The molecule has 112 valence electrons. The van der Waals surface area contributed by atoms with E-state index in [2.05, 4.69) is 10.3 Å². The number of carbonyl (C=O) groups excluding carboxylic acids is 1. The van der Waals surface area contributed by atoms with E-state index in [9.17, 15) is 9.18 Å². The van der Waals surface area contributed by atoms with Crippen LogP contribution in [0.1, 0.15) is 23.0 Å². The minimum atomic E-state index is -0.495. The molecule has 0 unspecified atom stereocenters. The van der Waals surface area contributed by atoms with Crippen LogP contribution >= 0.6 is 0 Å². The lowest BCUT2D eigenvalue weighted by atomic mass is 10.1. The summed E-state index contributed by atoms with van der Waals surface area (Å²) in [4.78, 5) is 16.0. The van der Waals surface area contributed by atoms with Gasteiger partial charge in [0.15, 0.2) is 5.78 Å². The molecule has 3 rings (SSSR count). The summed E-state index contributed by atoms with van der Waals surface area (Å²) < 4.78 is 15.7. The smallest absolute Gasteiger partial charge is 0.164 e. The number of fused-ring (bicyclic) bond motifs is 1. The fraction of sp³-hybridized carbons (Fsp3) is 0.176. The first-order valence-electron chi connectivity index (χ1n) is 7.11. The Morgan fingerprint density at radius 1 is 1.27 bits per heavy atom. The van der Waals surface area contributed by atoms with Crippen molar-refractivity contribution in [3.8, 4) is 0 Å². The number of hydrogen-bond donors (Lipinski definition) is 1. The number of carbonyl (C=O) groups is 1. The van der Waals surface area contributed by atoms with Gasteiger partial charge in [-0.2, -0.15) is 0 Å². The molecule has 0 saturated carbocycles. The number of rotatable bonds is 5. The molecule has 5 heteroatoms. The molecule has 1 N–H and O–H groups in total. The van der Waals surface area contributed by atoms with E-state index in [0.717, 1.165) is 11.3 Å². The van der Waals surface area contributed by atoms with Crippen molar-refractivity contribution in [2.75, 3.05) is 11.9 Å². The van der Waals surface area contributed by atoms with Crippen LogP contribution in [0.5, 0.6) is 0 Å². The average Bonchev–Trinajstić information content (AvgIpc) is 2.89. The van der Waals surface area contributed by atoms with Gasteiger partial charge >= 0.3 is 0 Å². The number of benzene rings is 1. The van der Waals surface area contributed by atoms with Crippen LogP contribution in [0.2, 0.25) is 0 Å². The van der Waals surface area contributed by atoms with E-state index in [1.165, 1.54) is 13.0 Å². The van der Waals surface area contributed by atoms with Crippen LogP contribution in [-0.4, -0.2) is 21.7 Å². The lowest BCUT2D eigenvalue weighted by molar-refractivity contribution is 0.101. The van der Waals surface area contributed by atoms with Gasteiger partial charge in [-0.05, 0) is 31.2 Å². The van der Waals surface area contributed by atoms with Gasteiger partial charge < -0.3 is 9.72 Å². The van der Waals surface area contributed by atoms with E-state index in [0.29, 0.717) is 18.7 Å². The third kappa shape index (κ3) is 2.83. The van der Waals surface area contributed by atoms with E-state index >= 15 is 0 Å². The number of imidazole rings is 1. The van der Waals surface area contributed by atoms with E-state index in [1.807, 2.05) is 35.0 Å². The maximum atomic E-state index is 13.7. The van der Waals surface area contributed by atoms with Gasteiger partial charge in [0.05, 0.1) is 11.3 Å². The second kappa shape index (κ2) is 5.97. The maximum absolute atomic E-state index is 13.7. The van der Waals surface area contributed by atoms with Gasteiger partial charge in [0, 0.05) is 31.0 Å². The number of nitrogens with zero attached hydrogens (tertiary/aromatic N) is 2. The minimum absolute atomic E-state index is 0.109. The van der Waals surface area contributed by atoms with Gasteiger partial charge in [-0.3, -0.25) is 4.79 Å². The molecule has 0 amide bonds. The third-order valence-electron chi connectivity index (χ3n) is 3.48. The van der Waals surface area contributed by atoms with Crippen LogP contribution in [-0.2, 0) is 6.42 Å². The standard InChI is InChI=1S/C17H16FN3O/c1-12(22)17-14(18)5-4-6-15(17)19-9-8-13-11-21-10-3-2-7-16(21)20-13/h2-7,10-11,19H,8-9H2,1H3. The van der Waals surface area contributed by atoms with Crippen molar-refractivity contribution in [3.63, 3.8) is 0 Å². The number of aromatic nitrogens is 2. The zero-order valence-electron chi connectivity index (χ0n) is 12.2. The summed E-state index contributed by atoms with van der Waals surface area (Å²) in [6.07, 6.45) is 4.60. The third-order valence-corrected chi connectivity index (χ3v) is 3.48. The van der Waals surface area contributed by atoms with Crippen LogP contribution in [0.4, 0.5) is 10.1 Å². The summed E-state index contributed by atoms with van der Waals surface area (Å²) in [5, 5.41) is 3.12. The molecular formula is C17H16FN3O. The number of anilines is 1. The number of nitrogens with one attached hydrogen (secondary N) is 1. The van der Waals surface area contributed by atoms with Crippen LogP contribution < -0.4 is 5.32 Å². The van der Waals surface area contributed by atoms with Crippen molar-refractivity contribution >= 4 is 17.1 Å². The summed E-state index contributed by atoms with van der Waals surface area (Å²) in [7, 11) is 0. The van der Waals surface area contributed by atoms with Crippen LogP contribution in [0.15, 0.2) is 48.8 Å². The highest BCUT2D eigenvalue weighted by Crippen LogP contribution is 2.19. The molecule has 0 aliphatic heterocycles. The minimum Gasteiger partial charge on any atom is -0.384 e. The number of Topliss-reactive ketones (excluding diaryl/α,β-unsaturated/α-hetero) is 1. The highest BCUT2D eigenvalue weighted by molar-refractivity contribution is 5.99. The summed E-state index contributed by atoms with van der Waals surface area (Å²) in [5.41, 5.74) is 2.47. The molecule has 22 heavy (non-hydrogen) atoms. The van der Waals surface area contributed by atoms with Crippen molar-refractivity contribution < 1.29 is 9.18 Å². The zero-order valence-corrected chi connectivity index (χ0v) is 12.2. The Bertz CT molecular complexity index is 793. The lowest BCUT2D eigenvalue weighted by Crippen LogP contribution is -2.10. The predicted molar refractivity (Wildman–Crippen MR) is 83.8 cm³/mol. The molecule has 0 saturated heterocycles. The molecule has 0 spiro atoms. The number of pyridine rings is 1. The lowest BCUT2D eigenvalue weighted by Gasteiger charge is -2.10. The normalized spacial score (nSPS) is 10.8. The second-order valence-electron chi connectivity index (χ2n) is 5.09. The van der Waals surface area contributed by atoms with Crippen LogP contribution in [0.25, 0.3) is 5.65 Å². The van der Waals surface area contributed by atoms with Crippen LogP contribution in [0.3, 0.4) is 0 Å². The van der Waals surface area contributed by atoms with Crippen LogP contribution in [0, 0.1) is 5.82 Å². The number of halogens is 1. The summed E-state index contributed by atoms with van der Waals surface area (Å²) in [6, 6.07) is 10.4. The summed E-state index contributed by atoms with van der Waals surface area (Å²) >= 11 is 0. The number of ketones is 1. The Balaban J connectivity index is 1.71. The summed E-state index contributed by atoms with van der Waals surface area (Å²) in [5.74, 6) is -0.779. The monoisotopic (exact) mass is 297 g/mol. The molecule has 0 aliphatic carbocycles. The Morgan fingerprint density at radius 3 is 2.91 bits per heavy atom. The quantitative estimate of drug-likeness (QED) is 0.735. The Labute approximate surface area is 127 Å². The predicted octanol–water partition coefficient (Wildman–Crippen LogP) is 3.33. The molecule has 0 radical (unpaired) electrons. The molecule has 0 atom stereocenters. The first-order chi connectivity index (χ1) is 10.6. The fourth-order valence-corrected chi connectivity index (χ4v) is 2.46. The Hall–Kier alpha value is -2.69. The first kappa shape index (κ1) is 14.3. The molecule has 4 nitrogen and oxygen atoms in total. The molecule has 0 aliphatic rings. The topological polar surface area (TPSA) is 46.4 Å². The van der Waals surface area contributed by atoms with Crippen molar-refractivity contribution in [3.05, 3.63) is 65.9 Å². The largest absolute Gasteiger partial charge is 0.384 e. The van der Waals surface area contributed by atoms with Gasteiger partial charge in [-0.15, -0.1) is 0 Å². The Kier molecular flexibility index (Phi) is 3.87. The highest BCUT2D eigenvalue weighted by Gasteiger charge is 2.12. The molecular weight excluding hydrogens is 281 g/mol. The molecule has 2 aromatic heterocycles. The van der Waals surface area contributed by atoms with E-state index in [4.69, 9.17) is 0 Å². The highest BCUT2D eigenvalue weighted by atomic mass is 19.1. The molecule has 2 heterocycles. The van der Waals surface area contributed by atoms with E-state index in [1.54, 1.807) is 12.1 Å². The molecule has 3 aromatic rings. The van der Waals surface area contributed by atoms with Crippen molar-refractivity contribution in [1.29, 1.82) is 0 Å². The van der Waals surface area contributed by atoms with Gasteiger partial charge in [0.2, 0.25) is 0 Å².